The van der Waals surface area contributed by atoms with Gasteiger partial charge in [0.05, 0.1) is 8.95 Å². The zero-order valence-corrected chi connectivity index (χ0v) is 12.1. The maximum atomic E-state index is 12.0. The molecule has 4 heteroatoms. The van der Waals surface area contributed by atoms with E-state index in [4.69, 9.17) is 0 Å². The van der Waals surface area contributed by atoms with E-state index in [0.717, 1.165) is 14.5 Å². The Labute approximate surface area is 117 Å². The van der Waals surface area contributed by atoms with Crippen LogP contribution >= 0.6 is 31.9 Å². The Morgan fingerprint density at radius 3 is 2.24 bits per heavy atom. The van der Waals surface area contributed by atoms with E-state index in [-0.39, 0.29) is 5.78 Å². The second kappa shape index (κ2) is 5.56. The van der Waals surface area contributed by atoms with E-state index in [1.807, 2.05) is 53.4 Å². The third-order valence-electron chi connectivity index (χ3n) is 2.28. The van der Waals surface area contributed by atoms with Crippen molar-refractivity contribution in [2.24, 2.45) is 0 Å². The number of hydrogen-bond acceptors (Lipinski definition) is 1. The first-order valence-electron chi connectivity index (χ1n) is 5.08. The van der Waals surface area contributed by atoms with E-state index in [1.165, 1.54) is 0 Å². The molecule has 1 aromatic carbocycles. The van der Waals surface area contributed by atoms with Gasteiger partial charge in [-0.25, -0.2) is 0 Å². The molecule has 0 fully saturated rings. The van der Waals surface area contributed by atoms with Gasteiger partial charge in [0.25, 0.3) is 0 Å². The van der Waals surface area contributed by atoms with Crippen molar-refractivity contribution in [3.63, 3.8) is 0 Å². The number of carbonyl (C=O) groups excluding carboxylic acids is 1. The van der Waals surface area contributed by atoms with E-state index < -0.39 is 0 Å². The average molecular weight is 356 g/mol. The summed E-state index contributed by atoms with van der Waals surface area (Å²) in [5.74, 6) is 0.0978. The van der Waals surface area contributed by atoms with Gasteiger partial charge in [-0.05, 0) is 37.9 Å². The Balaban J connectivity index is 2.19. The third-order valence-corrected chi connectivity index (χ3v) is 3.14. The van der Waals surface area contributed by atoms with Gasteiger partial charge in [0.15, 0.2) is 12.4 Å². The SMILES string of the molecule is O=C(C[n+]1cc(Br)cc(Br)c1)c1ccccc1. The van der Waals surface area contributed by atoms with E-state index >= 15 is 0 Å². The third kappa shape index (κ3) is 3.48. The molecule has 2 aromatic rings. The summed E-state index contributed by atoms with van der Waals surface area (Å²) in [6.45, 7) is 0.335. The molecule has 17 heavy (non-hydrogen) atoms. The monoisotopic (exact) mass is 354 g/mol. The van der Waals surface area contributed by atoms with Gasteiger partial charge in [0, 0.05) is 5.56 Å². The molecule has 0 aliphatic carbocycles. The molecule has 2 rings (SSSR count). The lowest BCUT2D eigenvalue weighted by Crippen LogP contribution is -2.37. The minimum absolute atomic E-state index is 0.0978. The Hall–Kier alpha value is -1.00. The fourth-order valence-corrected chi connectivity index (χ4v) is 2.86. The Morgan fingerprint density at radius 1 is 1.06 bits per heavy atom. The van der Waals surface area contributed by atoms with Gasteiger partial charge in [-0.15, -0.1) is 0 Å². The van der Waals surface area contributed by atoms with Gasteiger partial charge in [-0.2, -0.15) is 4.57 Å². The number of aromatic nitrogens is 1. The molecule has 0 saturated heterocycles. The largest absolute Gasteiger partial charge is 0.287 e. The molecule has 0 bridgehead atoms. The molecule has 2 nitrogen and oxygen atoms in total. The second-order valence-electron chi connectivity index (χ2n) is 3.63. The summed E-state index contributed by atoms with van der Waals surface area (Å²) in [6, 6.07) is 11.2. The lowest BCUT2D eigenvalue weighted by molar-refractivity contribution is -0.684. The first-order chi connectivity index (χ1) is 8.15. The number of carbonyl (C=O) groups is 1. The molecule has 86 valence electrons. The zero-order chi connectivity index (χ0) is 12.3. The Bertz CT molecular complexity index is 520. The van der Waals surface area contributed by atoms with Crippen LogP contribution in [-0.2, 0) is 6.54 Å². The summed E-state index contributed by atoms with van der Waals surface area (Å²) in [7, 11) is 0. The van der Waals surface area contributed by atoms with Gasteiger partial charge in [-0.3, -0.25) is 4.79 Å². The van der Waals surface area contributed by atoms with Crippen molar-refractivity contribution >= 4 is 37.6 Å². The van der Waals surface area contributed by atoms with Crippen LogP contribution in [0.15, 0.2) is 57.7 Å². The van der Waals surface area contributed by atoms with Crippen molar-refractivity contribution in [3.8, 4) is 0 Å². The minimum Gasteiger partial charge on any atom is -0.287 e. The van der Waals surface area contributed by atoms with Crippen molar-refractivity contribution in [2.45, 2.75) is 6.54 Å². The molecule has 0 amide bonds. The number of halogens is 2. The maximum Gasteiger partial charge on any atom is 0.227 e. The second-order valence-corrected chi connectivity index (χ2v) is 5.47. The first kappa shape index (κ1) is 12.5. The molecule has 0 radical (unpaired) electrons. The predicted molar refractivity (Wildman–Crippen MR) is 72.8 cm³/mol. The summed E-state index contributed by atoms with van der Waals surface area (Å²) in [6.07, 6.45) is 3.76. The number of ketones is 1. The van der Waals surface area contributed by atoms with Crippen molar-refractivity contribution in [1.82, 2.24) is 0 Å². The Morgan fingerprint density at radius 2 is 1.65 bits per heavy atom. The van der Waals surface area contributed by atoms with E-state index in [2.05, 4.69) is 31.9 Å². The molecule has 0 spiro atoms. The van der Waals surface area contributed by atoms with Gasteiger partial charge in [0.1, 0.15) is 0 Å². The van der Waals surface area contributed by atoms with Crippen LogP contribution < -0.4 is 4.57 Å². The highest BCUT2D eigenvalue weighted by atomic mass is 79.9. The van der Waals surface area contributed by atoms with E-state index in [1.54, 1.807) is 0 Å². The molecule has 0 unspecified atom stereocenters. The molecule has 0 saturated carbocycles. The summed E-state index contributed by atoms with van der Waals surface area (Å²) in [5.41, 5.74) is 0.732. The standard InChI is InChI=1S/C13H10Br2NO/c14-11-6-12(15)8-16(7-11)9-13(17)10-4-2-1-3-5-10/h1-8H,9H2/q+1. The molecule has 1 aromatic heterocycles. The Kier molecular flexibility index (Phi) is 4.07. The summed E-state index contributed by atoms with van der Waals surface area (Å²) < 4.78 is 3.73. The predicted octanol–water partition coefficient (Wildman–Crippen LogP) is 3.38. The van der Waals surface area contributed by atoms with Crippen LogP contribution in [0.2, 0.25) is 0 Å². The number of Topliss-reactive ketones (excluding diaryl/α,β-unsaturated/α-hetero) is 1. The van der Waals surface area contributed by atoms with Crippen LogP contribution in [-0.4, -0.2) is 5.78 Å². The van der Waals surface area contributed by atoms with Gasteiger partial charge in [0.2, 0.25) is 12.3 Å². The van der Waals surface area contributed by atoms with E-state index in [9.17, 15) is 4.79 Å². The lowest BCUT2D eigenvalue weighted by Gasteiger charge is -1.99. The summed E-state index contributed by atoms with van der Waals surface area (Å²) >= 11 is 6.79. The fourth-order valence-electron chi connectivity index (χ4n) is 1.53. The van der Waals surface area contributed by atoms with Crippen molar-refractivity contribution in [1.29, 1.82) is 0 Å². The average Bonchev–Trinajstić information content (AvgIpc) is 2.28. The number of pyridine rings is 1. The molecule has 0 atom stereocenters. The minimum atomic E-state index is 0.0978. The smallest absolute Gasteiger partial charge is 0.227 e. The molecule has 0 aliphatic rings. The highest BCUT2D eigenvalue weighted by molar-refractivity contribution is 9.11. The summed E-state index contributed by atoms with van der Waals surface area (Å²) in [4.78, 5) is 12.0. The molecule has 0 aliphatic heterocycles. The van der Waals surface area contributed by atoms with Crippen molar-refractivity contribution in [3.05, 3.63) is 63.3 Å². The normalized spacial score (nSPS) is 10.2. The lowest BCUT2D eigenvalue weighted by atomic mass is 10.1. The highest BCUT2D eigenvalue weighted by Gasteiger charge is 2.12. The highest BCUT2D eigenvalue weighted by Crippen LogP contribution is 2.13. The number of rotatable bonds is 3. The van der Waals surface area contributed by atoms with E-state index in [0.29, 0.717) is 6.54 Å². The van der Waals surface area contributed by atoms with Crippen LogP contribution in [0.3, 0.4) is 0 Å². The van der Waals surface area contributed by atoms with Crippen molar-refractivity contribution in [2.75, 3.05) is 0 Å². The maximum absolute atomic E-state index is 12.0. The van der Waals surface area contributed by atoms with Crippen LogP contribution in [0.4, 0.5) is 0 Å². The quantitative estimate of drug-likeness (QED) is 0.610. The van der Waals surface area contributed by atoms with Gasteiger partial charge >= 0.3 is 0 Å². The van der Waals surface area contributed by atoms with Gasteiger partial charge < -0.3 is 0 Å². The summed E-state index contributed by atoms with van der Waals surface area (Å²) in [5, 5.41) is 0. The van der Waals surface area contributed by atoms with Crippen LogP contribution in [0.25, 0.3) is 0 Å². The molecule has 1 heterocycles. The van der Waals surface area contributed by atoms with Crippen LogP contribution in [0.5, 0.6) is 0 Å². The number of benzene rings is 1. The molecular formula is C13H10Br2NO+. The first-order valence-corrected chi connectivity index (χ1v) is 6.67. The number of nitrogens with zero attached hydrogens (tertiary/aromatic N) is 1. The topological polar surface area (TPSA) is 20.9 Å². The van der Waals surface area contributed by atoms with Crippen LogP contribution in [0, 0.1) is 0 Å². The van der Waals surface area contributed by atoms with Crippen molar-refractivity contribution < 1.29 is 9.36 Å². The molecular weight excluding hydrogens is 346 g/mol. The molecule has 0 N–H and O–H groups in total. The number of hydrogen-bond donors (Lipinski definition) is 0. The zero-order valence-electron chi connectivity index (χ0n) is 8.94. The van der Waals surface area contributed by atoms with Crippen LogP contribution in [0.1, 0.15) is 10.4 Å². The fraction of sp³-hybridized carbons (Fsp3) is 0.0769. The van der Waals surface area contributed by atoms with Gasteiger partial charge in [-0.1, -0.05) is 30.3 Å².